The van der Waals surface area contributed by atoms with E-state index in [1.54, 1.807) is 0 Å². The molecule has 2 unspecified atom stereocenters. The average molecular weight is 231 g/mol. The quantitative estimate of drug-likeness (QED) is 0.579. The van der Waals surface area contributed by atoms with Crippen molar-refractivity contribution in [2.24, 2.45) is 7.05 Å². The Morgan fingerprint density at radius 1 is 1.41 bits per heavy atom. The van der Waals surface area contributed by atoms with E-state index in [9.17, 15) is 4.79 Å². The lowest BCUT2D eigenvalue weighted by molar-refractivity contribution is 0.0513. The molecule has 0 N–H and O–H groups in total. The van der Waals surface area contributed by atoms with Crippen molar-refractivity contribution in [3.63, 3.8) is 0 Å². The molecule has 0 amide bonds. The van der Waals surface area contributed by atoms with Gasteiger partial charge in [-0.2, -0.15) is 0 Å². The van der Waals surface area contributed by atoms with E-state index in [4.69, 9.17) is 4.74 Å². The molecule has 3 aliphatic carbocycles. The molecule has 4 rings (SSSR count). The fourth-order valence-electron chi connectivity index (χ4n) is 3.13. The molecule has 1 aromatic rings. The maximum Gasteiger partial charge on any atom is 0.355 e. The molecule has 0 radical (unpaired) electrons. The minimum absolute atomic E-state index is 0.183. The van der Waals surface area contributed by atoms with Crippen molar-refractivity contribution in [1.29, 1.82) is 0 Å². The molecule has 90 valence electrons. The average Bonchev–Trinajstić information content (AvgIpc) is 2.69. The van der Waals surface area contributed by atoms with Crippen molar-refractivity contribution >= 4 is 5.97 Å². The van der Waals surface area contributed by atoms with Crippen molar-refractivity contribution in [3.05, 3.63) is 35.2 Å². The molecular weight excluding hydrogens is 214 g/mol. The van der Waals surface area contributed by atoms with Crippen molar-refractivity contribution in [2.45, 2.75) is 31.6 Å². The zero-order valence-electron chi connectivity index (χ0n) is 10.3. The molecule has 2 atom stereocenters. The van der Waals surface area contributed by atoms with Gasteiger partial charge in [-0.25, -0.2) is 4.79 Å². The van der Waals surface area contributed by atoms with E-state index in [0.717, 1.165) is 12.1 Å². The lowest BCUT2D eigenvalue weighted by Crippen LogP contribution is -2.19. The molecule has 0 saturated heterocycles. The SMILES string of the molecule is CCOC(=O)c1c2c(cn1C)C1C=CC2CC1. The lowest BCUT2D eigenvalue weighted by Gasteiger charge is -2.31. The molecule has 0 fully saturated rings. The Bertz CT molecular complexity index is 499. The van der Waals surface area contributed by atoms with Gasteiger partial charge in [-0.05, 0) is 30.9 Å². The summed E-state index contributed by atoms with van der Waals surface area (Å²) in [4.78, 5) is 12.0. The lowest BCUT2D eigenvalue weighted by atomic mass is 9.72. The molecule has 1 aromatic heterocycles. The molecule has 0 spiro atoms. The van der Waals surface area contributed by atoms with Crippen LogP contribution in [0.3, 0.4) is 0 Å². The second-order valence-corrected chi connectivity index (χ2v) is 4.85. The number of rotatable bonds is 2. The number of aromatic nitrogens is 1. The maximum atomic E-state index is 12.0. The summed E-state index contributed by atoms with van der Waals surface area (Å²) < 4.78 is 7.09. The fourth-order valence-corrected chi connectivity index (χ4v) is 3.13. The number of esters is 1. The van der Waals surface area contributed by atoms with Crippen LogP contribution in [0.2, 0.25) is 0 Å². The Balaban J connectivity index is 2.10. The molecule has 3 aliphatic rings. The molecule has 0 saturated carbocycles. The van der Waals surface area contributed by atoms with Gasteiger partial charge in [-0.3, -0.25) is 0 Å². The monoisotopic (exact) mass is 231 g/mol. The topological polar surface area (TPSA) is 31.2 Å². The first-order valence-electron chi connectivity index (χ1n) is 6.27. The molecule has 2 bridgehead atoms. The molecule has 3 nitrogen and oxygen atoms in total. The molecule has 17 heavy (non-hydrogen) atoms. The van der Waals surface area contributed by atoms with E-state index >= 15 is 0 Å². The van der Waals surface area contributed by atoms with Crippen LogP contribution in [-0.4, -0.2) is 17.1 Å². The highest BCUT2D eigenvalue weighted by Gasteiger charge is 2.35. The van der Waals surface area contributed by atoms with Gasteiger partial charge in [0.25, 0.3) is 0 Å². The fraction of sp³-hybridized carbons (Fsp3) is 0.500. The Labute approximate surface area is 101 Å². The highest BCUT2D eigenvalue weighted by atomic mass is 16.5. The summed E-state index contributed by atoms with van der Waals surface area (Å²) in [5, 5.41) is 0. The highest BCUT2D eigenvalue weighted by Crippen LogP contribution is 2.47. The van der Waals surface area contributed by atoms with Crippen LogP contribution in [-0.2, 0) is 11.8 Å². The van der Waals surface area contributed by atoms with E-state index in [2.05, 4.69) is 18.3 Å². The smallest absolute Gasteiger partial charge is 0.355 e. The van der Waals surface area contributed by atoms with E-state index in [-0.39, 0.29) is 5.97 Å². The zero-order chi connectivity index (χ0) is 12.0. The minimum Gasteiger partial charge on any atom is -0.461 e. The third-order valence-electron chi connectivity index (χ3n) is 3.86. The number of aryl methyl sites for hydroxylation is 1. The van der Waals surface area contributed by atoms with Gasteiger partial charge in [-0.15, -0.1) is 0 Å². The van der Waals surface area contributed by atoms with Crippen LogP contribution >= 0.6 is 0 Å². The third-order valence-corrected chi connectivity index (χ3v) is 3.86. The third kappa shape index (κ3) is 1.45. The second-order valence-electron chi connectivity index (χ2n) is 4.85. The van der Waals surface area contributed by atoms with E-state index in [1.165, 1.54) is 17.5 Å². The first-order chi connectivity index (χ1) is 8.22. The zero-order valence-corrected chi connectivity index (χ0v) is 10.3. The van der Waals surface area contributed by atoms with Crippen molar-refractivity contribution in [1.82, 2.24) is 4.57 Å². The van der Waals surface area contributed by atoms with Gasteiger partial charge >= 0.3 is 5.97 Å². The Hall–Kier alpha value is -1.51. The summed E-state index contributed by atoms with van der Waals surface area (Å²) in [5.74, 6) is 0.734. The minimum atomic E-state index is -0.183. The van der Waals surface area contributed by atoms with E-state index in [1.807, 2.05) is 18.5 Å². The predicted octanol–water partition coefficient (Wildman–Crippen LogP) is 2.73. The van der Waals surface area contributed by atoms with E-state index in [0.29, 0.717) is 18.4 Å². The van der Waals surface area contributed by atoms with Gasteiger partial charge in [0.15, 0.2) is 0 Å². The summed E-state index contributed by atoms with van der Waals surface area (Å²) >= 11 is 0. The molecule has 0 aliphatic heterocycles. The first kappa shape index (κ1) is 10.6. The summed E-state index contributed by atoms with van der Waals surface area (Å²) in [7, 11) is 1.93. The summed E-state index contributed by atoms with van der Waals surface area (Å²) in [6, 6.07) is 0. The largest absolute Gasteiger partial charge is 0.461 e. The molecule has 0 aromatic carbocycles. The van der Waals surface area contributed by atoms with Gasteiger partial charge in [0.05, 0.1) is 6.61 Å². The second kappa shape index (κ2) is 3.76. The van der Waals surface area contributed by atoms with Gasteiger partial charge < -0.3 is 9.30 Å². The Morgan fingerprint density at radius 3 is 2.76 bits per heavy atom. The summed E-state index contributed by atoms with van der Waals surface area (Å²) in [6.07, 6.45) is 9.00. The van der Waals surface area contributed by atoms with Crippen LogP contribution < -0.4 is 0 Å². The highest BCUT2D eigenvalue weighted by molar-refractivity contribution is 5.91. The standard InChI is InChI=1S/C14H17NO2/c1-3-17-14(16)13-12-10-6-4-9(5-7-10)11(12)8-15(13)2/h4,6,8-10H,3,5,7H2,1-2H3. The predicted molar refractivity (Wildman–Crippen MR) is 65.2 cm³/mol. The number of fused-ring (bicyclic) bond motifs is 1. The number of hydrogen-bond donors (Lipinski definition) is 0. The summed E-state index contributed by atoms with van der Waals surface area (Å²) in [6.45, 7) is 2.28. The molecule has 1 heterocycles. The van der Waals surface area contributed by atoms with Gasteiger partial charge in [-0.1, -0.05) is 12.2 Å². The van der Waals surface area contributed by atoms with E-state index < -0.39 is 0 Å². The number of carbonyl (C=O) groups is 1. The number of carbonyl (C=O) groups excluding carboxylic acids is 1. The first-order valence-corrected chi connectivity index (χ1v) is 6.27. The molecular formula is C14H17NO2. The van der Waals surface area contributed by atoms with Crippen molar-refractivity contribution in [3.8, 4) is 0 Å². The van der Waals surface area contributed by atoms with Crippen LogP contribution in [0, 0.1) is 0 Å². The summed E-state index contributed by atoms with van der Waals surface area (Å²) in [5.41, 5.74) is 3.29. The maximum absolute atomic E-state index is 12.0. The number of allylic oxidation sites excluding steroid dienone is 2. The van der Waals surface area contributed by atoms with Crippen LogP contribution in [0.1, 0.15) is 53.2 Å². The van der Waals surface area contributed by atoms with Crippen molar-refractivity contribution in [2.75, 3.05) is 6.61 Å². The van der Waals surface area contributed by atoms with Gasteiger partial charge in [0.2, 0.25) is 0 Å². The van der Waals surface area contributed by atoms with Gasteiger partial charge in [0.1, 0.15) is 5.69 Å². The normalized spacial score (nSPS) is 24.8. The van der Waals surface area contributed by atoms with Crippen LogP contribution in [0.5, 0.6) is 0 Å². The Morgan fingerprint density at radius 2 is 2.12 bits per heavy atom. The number of hydrogen-bond acceptors (Lipinski definition) is 2. The van der Waals surface area contributed by atoms with Crippen molar-refractivity contribution < 1.29 is 9.53 Å². The van der Waals surface area contributed by atoms with Crippen LogP contribution in [0.15, 0.2) is 18.3 Å². The molecule has 3 heteroatoms. The van der Waals surface area contributed by atoms with Crippen LogP contribution in [0.25, 0.3) is 0 Å². The number of ether oxygens (including phenoxy) is 1. The van der Waals surface area contributed by atoms with Crippen LogP contribution in [0.4, 0.5) is 0 Å². The van der Waals surface area contributed by atoms with Gasteiger partial charge in [0, 0.05) is 25.1 Å². The Kier molecular flexibility index (Phi) is 2.35. The number of nitrogens with zero attached hydrogens (tertiary/aromatic N) is 1.